The van der Waals surface area contributed by atoms with Gasteiger partial charge in [0.25, 0.3) is 0 Å². The predicted molar refractivity (Wildman–Crippen MR) is 76.1 cm³/mol. The van der Waals surface area contributed by atoms with Crippen LogP contribution in [0.5, 0.6) is 0 Å². The number of nitrogens with zero attached hydrogens (tertiary/aromatic N) is 1. The Balaban J connectivity index is 2.04. The molecule has 0 amide bonds. The van der Waals surface area contributed by atoms with Crippen molar-refractivity contribution in [3.63, 3.8) is 0 Å². The molecule has 3 nitrogen and oxygen atoms in total. The third kappa shape index (κ3) is 2.81. The van der Waals surface area contributed by atoms with Gasteiger partial charge >= 0.3 is 0 Å². The Morgan fingerprint density at radius 2 is 1.82 bits per heavy atom. The van der Waals surface area contributed by atoms with E-state index in [9.17, 15) is 0 Å². The molecule has 4 N–H and O–H groups in total. The number of rotatable bonds is 3. The van der Waals surface area contributed by atoms with Crippen LogP contribution >= 0.6 is 15.9 Å². The molecule has 1 aliphatic heterocycles. The third-order valence-corrected chi connectivity index (χ3v) is 4.36. The van der Waals surface area contributed by atoms with Gasteiger partial charge in [-0.25, -0.2) is 0 Å². The van der Waals surface area contributed by atoms with Gasteiger partial charge in [0.2, 0.25) is 0 Å². The highest BCUT2D eigenvalue weighted by atomic mass is 79.9. The minimum absolute atomic E-state index is 0.169. The van der Waals surface area contributed by atoms with Crippen LogP contribution in [0.25, 0.3) is 0 Å². The van der Waals surface area contributed by atoms with Gasteiger partial charge in [-0.05, 0) is 49.5 Å². The highest BCUT2D eigenvalue weighted by Crippen LogP contribution is 2.32. The monoisotopic (exact) mass is 297 g/mol. The molecule has 0 radical (unpaired) electrons. The van der Waals surface area contributed by atoms with Gasteiger partial charge in [0.1, 0.15) is 0 Å². The van der Waals surface area contributed by atoms with E-state index in [1.54, 1.807) is 0 Å². The lowest BCUT2D eigenvalue weighted by Crippen LogP contribution is -2.47. The van der Waals surface area contributed by atoms with E-state index < -0.39 is 0 Å². The van der Waals surface area contributed by atoms with Crippen LogP contribution in [0.2, 0.25) is 0 Å². The van der Waals surface area contributed by atoms with Crippen LogP contribution in [0, 0.1) is 5.41 Å². The van der Waals surface area contributed by atoms with Crippen LogP contribution in [0.15, 0.2) is 28.7 Å². The summed E-state index contributed by atoms with van der Waals surface area (Å²) in [6, 6.07) is 8.45. The summed E-state index contributed by atoms with van der Waals surface area (Å²) in [5, 5.41) is 0. The largest absolute Gasteiger partial charge is 0.371 e. The minimum atomic E-state index is 0.169. The van der Waals surface area contributed by atoms with Crippen LogP contribution in [-0.4, -0.2) is 26.2 Å². The second kappa shape index (κ2) is 5.38. The van der Waals surface area contributed by atoms with Gasteiger partial charge in [-0.3, -0.25) is 0 Å². The molecule has 1 saturated heterocycles. The van der Waals surface area contributed by atoms with Crippen LogP contribution in [0.4, 0.5) is 5.69 Å². The van der Waals surface area contributed by atoms with Crippen LogP contribution < -0.4 is 16.4 Å². The molecular formula is C13H20BrN3. The molecule has 17 heavy (non-hydrogen) atoms. The molecule has 0 unspecified atom stereocenters. The second-order valence-electron chi connectivity index (χ2n) is 4.88. The molecule has 0 aromatic heterocycles. The number of anilines is 1. The maximum Gasteiger partial charge on any atom is 0.0377 e. The highest BCUT2D eigenvalue weighted by Gasteiger charge is 2.32. The van der Waals surface area contributed by atoms with Crippen molar-refractivity contribution in [1.29, 1.82) is 0 Å². The fourth-order valence-corrected chi connectivity index (χ4v) is 2.79. The van der Waals surface area contributed by atoms with Crippen molar-refractivity contribution in [3.8, 4) is 0 Å². The van der Waals surface area contributed by atoms with Crippen molar-refractivity contribution in [2.45, 2.75) is 12.8 Å². The summed E-state index contributed by atoms with van der Waals surface area (Å²) in [4.78, 5) is 2.41. The Morgan fingerprint density at radius 3 is 2.35 bits per heavy atom. The summed E-state index contributed by atoms with van der Waals surface area (Å²) < 4.78 is 1.13. The molecule has 1 heterocycles. The second-order valence-corrected chi connectivity index (χ2v) is 5.79. The molecule has 0 atom stereocenters. The SMILES string of the molecule is NCC1(CN)CCN(c2cccc(Br)c2)CC1. The van der Waals surface area contributed by atoms with E-state index >= 15 is 0 Å². The average Bonchev–Trinajstić information content (AvgIpc) is 2.39. The molecule has 0 bridgehead atoms. The van der Waals surface area contributed by atoms with Gasteiger partial charge < -0.3 is 16.4 Å². The number of piperidine rings is 1. The molecule has 1 aliphatic rings. The topological polar surface area (TPSA) is 55.3 Å². The van der Waals surface area contributed by atoms with Gasteiger partial charge in [-0.15, -0.1) is 0 Å². The molecule has 4 heteroatoms. The summed E-state index contributed by atoms with van der Waals surface area (Å²) in [6.45, 7) is 3.50. The van der Waals surface area contributed by atoms with E-state index in [0.717, 1.165) is 30.4 Å². The lowest BCUT2D eigenvalue weighted by Gasteiger charge is -2.41. The molecule has 2 rings (SSSR count). The number of nitrogens with two attached hydrogens (primary N) is 2. The average molecular weight is 298 g/mol. The molecule has 94 valence electrons. The molecule has 0 saturated carbocycles. The zero-order valence-corrected chi connectivity index (χ0v) is 11.6. The van der Waals surface area contributed by atoms with E-state index in [0.29, 0.717) is 13.1 Å². The third-order valence-electron chi connectivity index (χ3n) is 3.86. The molecule has 1 aromatic rings. The predicted octanol–water partition coefficient (Wildman–Crippen LogP) is 1.95. The van der Waals surface area contributed by atoms with Crippen molar-refractivity contribution in [2.75, 3.05) is 31.1 Å². The first-order valence-electron chi connectivity index (χ1n) is 6.10. The van der Waals surface area contributed by atoms with Gasteiger partial charge in [-0.2, -0.15) is 0 Å². The fraction of sp³-hybridized carbons (Fsp3) is 0.538. The van der Waals surface area contributed by atoms with Crippen molar-refractivity contribution < 1.29 is 0 Å². The normalized spacial score (nSPS) is 19.4. The molecular weight excluding hydrogens is 278 g/mol. The molecule has 1 fully saturated rings. The first kappa shape index (κ1) is 12.9. The van der Waals surface area contributed by atoms with Gasteiger partial charge in [-0.1, -0.05) is 22.0 Å². The van der Waals surface area contributed by atoms with E-state index in [4.69, 9.17) is 11.5 Å². The molecule has 1 aromatic carbocycles. The smallest absolute Gasteiger partial charge is 0.0377 e. The zero-order chi connectivity index (χ0) is 12.3. The first-order chi connectivity index (χ1) is 8.19. The number of hydrogen-bond acceptors (Lipinski definition) is 3. The van der Waals surface area contributed by atoms with Gasteiger partial charge in [0.15, 0.2) is 0 Å². The van der Waals surface area contributed by atoms with E-state index in [1.165, 1.54) is 5.69 Å². The van der Waals surface area contributed by atoms with E-state index in [1.807, 2.05) is 0 Å². The maximum atomic E-state index is 5.85. The lowest BCUT2D eigenvalue weighted by atomic mass is 9.78. The Morgan fingerprint density at radius 1 is 1.18 bits per heavy atom. The summed E-state index contributed by atoms with van der Waals surface area (Å²) >= 11 is 3.51. The quantitative estimate of drug-likeness (QED) is 0.897. The number of benzene rings is 1. The molecule has 0 aliphatic carbocycles. The Labute approximate surface area is 111 Å². The zero-order valence-electron chi connectivity index (χ0n) is 10.0. The van der Waals surface area contributed by atoms with Crippen molar-refractivity contribution in [2.24, 2.45) is 16.9 Å². The summed E-state index contributed by atoms with van der Waals surface area (Å²) in [6.07, 6.45) is 2.18. The van der Waals surface area contributed by atoms with Gasteiger partial charge in [0, 0.05) is 23.2 Å². The Bertz CT molecular complexity index is 367. The van der Waals surface area contributed by atoms with Crippen LogP contribution in [-0.2, 0) is 0 Å². The van der Waals surface area contributed by atoms with Crippen molar-refractivity contribution >= 4 is 21.6 Å². The van der Waals surface area contributed by atoms with Crippen LogP contribution in [0.1, 0.15) is 12.8 Å². The Hall–Kier alpha value is -0.580. The Kier molecular flexibility index (Phi) is 4.07. The van der Waals surface area contributed by atoms with Crippen LogP contribution in [0.3, 0.4) is 0 Å². The van der Waals surface area contributed by atoms with Gasteiger partial charge in [0.05, 0.1) is 0 Å². The van der Waals surface area contributed by atoms with E-state index in [-0.39, 0.29) is 5.41 Å². The summed E-state index contributed by atoms with van der Waals surface area (Å²) in [7, 11) is 0. The maximum absolute atomic E-state index is 5.85. The number of hydrogen-bond donors (Lipinski definition) is 2. The minimum Gasteiger partial charge on any atom is -0.371 e. The summed E-state index contributed by atoms with van der Waals surface area (Å²) in [5.41, 5.74) is 13.2. The summed E-state index contributed by atoms with van der Waals surface area (Å²) in [5.74, 6) is 0. The molecule has 0 spiro atoms. The standard InChI is InChI=1S/C13H20BrN3/c14-11-2-1-3-12(8-11)17-6-4-13(9-15,10-16)5-7-17/h1-3,8H,4-7,9-10,15-16H2. The van der Waals surface area contributed by atoms with Crippen molar-refractivity contribution in [3.05, 3.63) is 28.7 Å². The highest BCUT2D eigenvalue weighted by molar-refractivity contribution is 9.10. The lowest BCUT2D eigenvalue weighted by molar-refractivity contribution is 0.238. The number of halogens is 1. The van der Waals surface area contributed by atoms with E-state index in [2.05, 4.69) is 45.1 Å². The fourth-order valence-electron chi connectivity index (χ4n) is 2.40. The van der Waals surface area contributed by atoms with Crippen molar-refractivity contribution in [1.82, 2.24) is 0 Å². The first-order valence-corrected chi connectivity index (χ1v) is 6.89.